The highest BCUT2D eigenvalue weighted by Crippen LogP contribution is 2.35. The van der Waals surface area contributed by atoms with Crippen molar-refractivity contribution in [3.05, 3.63) is 12.7 Å². The van der Waals surface area contributed by atoms with E-state index in [4.69, 9.17) is 9.79 Å². The van der Waals surface area contributed by atoms with E-state index in [-0.39, 0.29) is 12.5 Å². The number of phosphoric ester groups is 1. The molecule has 1 atom stereocenters. The van der Waals surface area contributed by atoms with Crippen LogP contribution in [-0.2, 0) is 13.9 Å². The lowest BCUT2D eigenvalue weighted by molar-refractivity contribution is -0.121. The van der Waals surface area contributed by atoms with Crippen molar-refractivity contribution in [1.82, 2.24) is 5.32 Å². The van der Waals surface area contributed by atoms with Gasteiger partial charge in [-0.2, -0.15) is 0 Å². The molecule has 0 aliphatic rings. The molecule has 0 saturated carbocycles. The Kier molecular flexibility index (Phi) is 11.5. The molecule has 1 amide bonds. The molecule has 0 bridgehead atoms. The van der Waals surface area contributed by atoms with Crippen molar-refractivity contribution >= 4 is 13.7 Å². The molecule has 0 fully saturated rings. The van der Waals surface area contributed by atoms with Crippen LogP contribution in [0.4, 0.5) is 0 Å². The van der Waals surface area contributed by atoms with Gasteiger partial charge in [0.2, 0.25) is 5.91 Å². The van der Waals surface area contributed by atoms with Crippen LogP contribution in [-0.4, -0.2) is 40.1 Å². The highest BCUT2D eigenvalue weighted by Gasteiger charge is 2.17. The summed E-state index contributed by atoms with van der Waals surface area (Å²) in [7, 11) is -4.58. The van der Waals surface area contributed by atoms with Crippen LogP contribution >= 0.6 is 7.82 Å². The molecule has 0 aliphatic heterocycles. The maximum absolute atomic E-state index is 11.5. The second-order valence-corrected chi connectivity index (χ2v) is 6.08. The van der Waals surface area contributed by atoms with E-state index in [2.05, 4.69) is 16.4 Å². The van der Waals surface area contributed by atoms with Crippen LogP contribution in [0.2, 0.25) is 0 Å². The summed E-state index contributed by atoms with van der Waals surface area (Å²) in [6.07, 6.45) is 7.27. The van der Waals surface area contributed by atoms with Crippen molar-refractivity contribution in [2.24, 2.45) is 0 Å². The average molecular weight is 323 g/mol. The molecule has 0 aromatic rings. The van der Waals surface area contributed by atoms with Gasteiger partial charge in [0.05, 0.1) is 12.7 Å². The van der Waals surface area contributed by atoms with Crippen molar-refractivity contribution in [2.45, 2.75) is 51.0 Å². The zero-order chi connectivity index (χ0) is 16.1. The summed E-state index contributed by atoms with van der Waals surface area (Å²) in [4.78, 5) is 28.4. The van der Waals surface area contributed by atoms with Crippen molar-refractivity contribution in [3.8, 4) is 0 Å². The summed E-state index contributed by atoms with van der Waals surface area (Å²) in [5.74, 6) is -0.184. The predicted octanol–water partition coefficient (Wildman–Crippen LogP) is 1.49. The monoisotopic (exact) mass is 323 g/mol. The molecular weight excluding hydrogens is 297 g/mol. The van der Waals surface area contributed by atoms with Gasteiger partial charge in [-0.15, -0.1) is 6.58 Å². The SMILES string of the molecule is C=CCCCCCCCC(=O)NCC(O)COP(=O)(O)O. The number of allylic oxidation sites excluding steroid dienone is 1. The Morgan fingerprint density at radius 2 is 1.86 bits per heavy atom. The Balaban J connectivity index is 3.49. The molecule has 8 heteroatoms. The molecule has 1 unspecified atom stereocenters. The van der Waals surface area contributed by atoms with Crippen molar-refractivity contribution < 1.29 is 28.8 Å². The summed E-state index contributed by atoms with van der Waals surface area (Å²) in [5.41, 5.74) is 0. The molecule has 0 rings (SSSR count). The Labute approximate surface area is 125 Å². The second kappa shape index (κ2) is 11.9. The lowest BCUT2D eigenvalue weighted by Crippen LogP contribution is -2.34. The number of carbonyl (C=O) groups is 1. The van der Waals surface area contributed by atoms with E-state index < -0.39 is 20.5 Å². The number of hydrogen-bond acceptors (Lipinski definition) is 4. The van der Waals surface area contributed by atoms with Gasteiger partial charge in [-0.3, -0.25) is 9.32 Å². The van der Waals surface area contributed by atoms with E-state index in [1.54, 1.807) is 0 Å². The van der Waals surface area contributed by atoms with Crippen LogP contribution < -0.4 is 5.32 Å². The van der Waals surface area contributed by atoms with Crippen molar-refractivity contribution in [1.29, 1.82) is 0 Å². The Morgan fingerprint density at radius 1 is 1.24 bits per heavy atom. The first-order chi connectivity index (χ1) is 9.85. The van der Waals surface area contributed by atoms with E-state index >= 15 is 0 Å². The molecule has 0 aromatic heterocycles. The molecule has 124 valence electrons. The molecule has 0 spiro atoms. The minimum absolute atomic E-state index is 0.0852. The first-order valence-electron chi connectivity index (χ1n) is 7.11. The van der Waals surface area contributed by atoms with Crippen LogP contribution in [0.3, 0.4) is 0 Å². The van der Waals surface area contributed by atoms with Crippen LogP contribution in [0.5, 0.6) is 0 Å². The quantitative estimate of drug-likeness (QED) is 0.232. The normalized spacial score (nSPS) is 12.9. The van der Waals surface area contributed by atoms with Crippen molar-refractivity contribution in [2.75, 3.05) is 13.2 Å². The van der Waals surface area contributed by atoms with E-state index in [0.717, 1.165) is 38.5 Å². The first-order valence-corrected chi connectivity index (χ1v) is 8.64. The lowest BCUT2D eigenvalue weighted by atomic mass is 10.1. The van der Waals surface area contributed by atoms with Gasteiger partial charge in [0.15, 0.2) is 0 Å². The molecule has 4 N–H and O–H groups in total. The number of hydrogen-bond donors (Lipinski definition) is 4. The highest BCUT2D eigenvalue weighted by molar-refractivity contribution is 7.46. The van der Waals surface area contributed by atoms with E-state index in [9.17, 15) is 14.5 Å². The molecule has 0 aromatic carbocycles. The predicted molar refractivity (Wildman–Crippen MR) is 79.5 cm³/mol. The lowest BCUT2D eigenvalue weighted by Gasteiger charge is -2.12. The molecular formula is C13H26NO6P. The zero-order valence-electron chi connectivity index (χ0n) is 12.2. The zero-order valence-corrected chi connectivity index (χ0v) is 13.1. The van der Waals surface area contributed by atoms with Gasteiger partial charge in [-0.1, -0.05) is 25.3 Å². The molecule has 0 saturated heterocycles. The van der Waals surface area contributed by atoms with Gasteiger partial charge < -0.3 is 20.2 Å². The van der Waals surface area contributed by atoms with Crippen LogP contribution in [0.1, 0.15) is 44.9 Å². The Morgan fingerprint density at radius 3 is 2.48 bits per heavy atom. The first kappa shape index (κ1) is 20.3. The smallest absolute Gasteiger partial charge is 0.389 e. The summed E-state index contributed by atoms with van der Waals surface area (Å²) in [5, 5.41) is 11.9. The maximum atomic E-state index is 11.5. The third kappa shape index (κ3) is 15.5. The minimum atomic E-state index is -4.58. The van der Waals surface area contributed by atoms with Crippen LogP contribution in [0.15, 0.2) is 12.7 Å². The number of aliphatic hydroxyl groups excluding tert-OH is 1. The summed E-state index contributed by atoms with van der Waals surface area (Å²) in [6.45, 7) is 3.05. The molecule has 0 aliphatic carbocycles. The number of rotatable bonds is 13. The molecule has 0 radical (unpaired) electrons. The van der Waals surface area contributed by atoms with E-state index in [0.29, 0.717) is 6.42 Å². The number of aliphatic hydroxyl groups is 1. The van der Waals surface area contributed by atoms with Crippen LogP contribution in [0, 0.1) is 0 Å². The molecule has 0 heterocycles. The minimum Gasteiger partial charge on any atom is -0.389 e. The standard InChI is InChI=1S/C13H26NO6P/c1-2-3-4-5-6-7-8-9-13(16)14-10-12(15)11-20-21(17,18)19/h2,12,15H,1,3-11H2,(H,14,16)(H2,17,18,19). The van der Waals surface area contributed by atoms with Gasteiger partial charge in [0.1, 0.15) is 0 Å². The number of unbranched alkanes of at least 4 members (excludes halogenated alkanes) is 5. The summed E-state index contributed by atoms with van der Waals surface area (Å²) >= 11 is 0. The van der Waals surface area contributed by atoms with E-state index in [1.165, 1.54) is 0 Å². The fourth-order valence-electron chi connectivity index (χ4n) is 1.67. The third-order valence-corrected chi connectivity index (χ3v) is 3.27. The van der Waals surface area contributed by atoms with Gasteiger partial charge >= 0.3 is 7.82 Å². The largest absolute Gasteiger partial charge is 0.469 e. The number of amides is 1. The van der Waals surface area contributed by atoms with E-state index in [1.807, 2.05) is 6.08 Å². The van der Waals surface area contributed by atoms with Crippen molar-refractivity contribution in [3.63, 3.8) is 0 Å². The fraction of sp³-hybridized carbons (Fsp3) is 0.769. The Bertz CT molecular complexity index is 344. The third-order valence-electron chi connectivity index (χ3n) is 2.78. The topological polar surface area (TPSA) is 116 Å². The second-order valence-electron chi connectivity index (χ2n) is 4.84. The summed E-state index contributed by atoms with van der Waals surface area (Å²) < 4.78 is 14.5. The fourth-order valence-corrected chi connectivity index (χ4v) is 2.03. The average Bonchev–Trinajstić information content (AvgIpc) is 2.41. The number of nitrogens with one attached hydrogen (secondary N) is 1. The number of phosphoric acid groups is 1. The van der Waals surface area contributed by atoms with Gasteiger partial charge in [0, 0.05) is 13.0 Å². The maximum Gasteiger partial charge on any atom is 0.469 e. The van der Waals surface area contributed by atoms with Crippen LogP contribution in [0.25, 0.3) is 0 Å². The molecule has 7 nitrogen and oxygen atoms in total. The highest BCUT2D eigenvalue weighted by atomic mass is 31.2. The van der Waals surface area contributed by atoms with Gasteiger partial charge in [0.25, 0.3) is 0 Å². The Hall–Kier alpha value is -0.720. The van der Waals surface area contributed by atoms with Gasteiger partial charge in [-0.25, -0.2) is 4.57 Å². The van der Waals surface area contributed by atoms with Gasteiger partial charge in [-0.05, 0) is 19.3 Å². The summed E-state index contributed by atoms with van der Waals surface area (Å²) in [6, 6.07) is 0. The number of carbonyl (C=O) groups excluding carboxylic acids is 1. The molecule has 21 heavy (non-hydrogen) atoms.